The number of halogens is 1. The quantitative estimate of drug-likeness (QED) is 0.326. The zero-order chi connectivity index (χ0) is 21.5. The van der Waals surface area contributed by atoms with Gasteiger partial charge in [0.25, 0.3) is 0 Å². The Morgan fingerprint density at radius 1 is 0.594 bits per heavy atom. The molecule has 32 heavy (non-hydrogen) atoms. The van der Waals surface area contributed by atoms with Crippen LogP contribution in [0.15, 0.2) is 97.2 Å². The zero-order valence-corrected chi connectivity index (χ0v) is 17.6. The maximum atomic E-state index is 6.22. The Morgan fingerprint density at radius 3 is 2.03 bits per heavy atom. The van der Waals surface area contributed by atoms with Gasteiger partial charge in [-0.2, -0.15) is 9.97 Å². The van der Waals surface area contributed by atoms with Crippen molar-refractivity contribution in [2.24, 2.45) is 0 Å². The lowest BCUT2D eigenvalue weighted by Crippen LogP contribution is -1.98. The molecule has 0 radical (unpaired) electrons. The molecule has 0 aliphatic heterocycles. The van der Waals surface area contributed by atoms with Crippen molar-refractivity contribution in [1.29, 1.82) is 0 Å². The largest absolute Gasteiger partial charge is 0.294 e. The van der Waals surface area contributed by atoms with E-state index in [-0.39, 0.29) is 5.28 Å². The number of nitrogens with zero attached hydrogens (tertiary/aromatic N) is 5. The standard InChI is InChI=1S/C26H16ClN5/c27-26-30-23(17-7-2-1-3-8-17)29-24(31-26)18-12-14-19(15-13-18)32-22-11-5-4-9-20(22)21-10-6-16-28-25(21)32/h1-16H. The fraction of sp³-hybridized carbons (Fsp3) is 0. The van der Waals surface area contributed by atoms with Gasteiger partial charge in [-0.15, -0.1) is 0 Å². The van der Waals surface area contributed by atoms with Crippen LogP contribution in [0.4, 0.5) is 0 Å². The lowest BCUT2D eigenvalue weighted by Gasteiger charge is -2.09. The van der Waals surface area contributed by atoms with E-state index in [1.54, 1.807) is 0 Å². The average Bonchev–Trinajstić information content (AvgIpc) is 3.19. The van der Waals surface area contributed by atoms with Gasteiger partial charge < -0.3 is 0 Å². The second-order valence-electron chi connectivity index (χ2n) is 7.39. The Labute approximate surface area is 189 Å². The molecule has 0 fully saturated rings. The zero-order valence-electron chi connectivity index (χ0n) is 16.9. The summed E-state index contributed by atoms with van der Waals surface area (Å²) in [5, 5.41) is 2.48. The molecule has 3 aromatic carbocycles. The van der Waals surface area contributed by atoms with E-state index in [1.807, 2.05) is 60.8 Å². The van der Waals surface area contributed by atoms with Crippen LogP contribution in [-0.2, 0) is 0 Å². The molecule has 0 spiro atoms. The Morgan fingerprint density at radius 2 is 1.25 bits per heavy atom. The first-order valence-corrected chi connectivity index (χ1v) is 10.6. The Hall–Kier alpha value is -4.09. The van der Waals surface area contributed by atoms with Crippen molar-refractivity contribution in [2.75, 3.05) is 0 Å². The first kappa shape index (κ1) is 18.7. The van der Waals surface area contributed by atoms with Crippen molar-refractivity contribution in [3.8, 4) is 28.5 Å². The lowest BCUT2D eigenvalue weighted by atomic mass is 10.1. The van der Waals surface area contributed by atoms with Crippen molar-refractivity contribution in [3.63, 3.8) is 0 Å². The molecule has 0 bridgehead atoms. The van der Waals surface area contributed by atoms with E-state index >= 15 is 0 Å². The van der Waals surface area contributed by atoms with E-state index in [2.05, 4.69) is 60.9 Å². The van der Waals surface area contributed by atoms with Crippen molar-refractivity contribution in [1.82, 2.24) is 24.5 Å². The summed E-state index contributed by atoms with van der Waals surface area (Å²) >= 11 is 6.22. The van der Waals surface area contributed by atoms with Gasteiger partial charge in [0.05, 0.1) is 5.52 Å². The van der Waals surface area contributed by atoms with Gasteiger partial charge in [-0.25, -0.2) is 9.97 Å². The summed E-state index contributed by atoms with van der Waals surface area (Å²) in [5.41, 5.74) is 4.82. The molecule has 6 aromatic rings. The Balaban J connectivity index is 1.46. The van der Waals surface area contributed by atoms with Crippen LogP contribution in [0.25, 0.3) is 50.4 Å². The number of hydrogen-bond acceptors (Lipinski definition) is 4. The monoisotopic (exact) mass is 433 g/mol. The van der Waals surface area contributed by atoms with Crippen LogP contribution >= 0.6 is 11.6 Å². The second kappa shape index (κ2) is 7.55. The third-order valence-electron chi connectivity index (χ3n) is 5.46. The van der Waals surface area contributed by atoms with Gasteiger partial charge in [-0.3, -0.25) is 4.57 Å². The molecular formula is C26H16ClN5. The number of benzene rings is 3. The van der Waals surface area contributed by atoms with Crippen molar-refractivity contribution < 1.29 is 0 Å². The van der Waals surface area contributed by atoms with E-state index in [1.165, 1.54) is 5.39 Å². The molecule has 6 rings (SSSR count). The molecule has 0 aliphatic rings. The number of hydrogen-bond donors (Lipinski definition) is 0. The third-order valence-corrected chi connectivity index (χ3v) is 5.63. The molecule has 0 atom stereocenters. The SMILES string of the molecule is Clc1nc(-c2ccccc2)nc(-c2ccc(-n3c4ccccc4c4cccnc43)cc2)n1. The number of rotatable bonds is 3. The first-order valence-electron chi connectivity index (χ1n) is 10.2. The molecule has 5 nitrogen and oxygen atoms in total. The van der Waals surface area contributed by atoms with Crippen LogP contribution in [0, 0.1) is 0 Å². The lowest BCUT2D eigenvalue weighted by molar-refractivity contribution is 1.06. The fourth-order valence-corrected chi connectivity index (χ4v) is 4.17. The van der Waals surface area contributed by atoms with E-state index in [0.717, 1.165) is 33.4 Å². The highest BCUT2D eigenvalue weighted by Crippen LogP contribution is 2.31. The van der Waals surface area contributed by atoms with Gasteiger partial charge in [-0.05, 0) is 54.1 Å². The van der Waals surface area contributed by atoms with E-state index < -0.39 is 0 Å². The molecule has 0 saturated carbocycles. The summed E-state index contributed by atoms with van der Waals surface area (Å²) in [6.07, 6.45) is 1.82. The van der Waals surface area contributed by atoms with Crippen LogP contribution in [0.5, 0.6) is 0 Å². The van der Waals surface area contributed by atoms with Gasteiger partial charge >= 0.3 is 0 Å². The minimum absolute atomic E-state index is 0.171. The molecule has 0 N–H and O–H groups in total. The van der Waals surface area contributed by atoms with Crippen LogP contribution in [-0.4, -0.2) is 24.5 Å². The summed E-state index contributed by atoms with van der Waals surface area (Å²) < 4.78 is 2.17. The van der Waals surface area contributed by atoms with Crippen LogP contribution in [0.2, 0.25) is 5.28 Å². The predicted molar refractivity (Wildman–Crippen MR) is 128 cm³/mol. The minimum atomic E-state index is 0.171. The van der Waals surface area contributed by atoms with Gasteiger partial charge in [0, 0.05) is 33.8 Å². The summed E-state index contributed by atoms with van der Waals surface area (Å²) in [5.74, 6) is 1.09. The molecule has 3 heterocycles. The maximum Gasteiger partial charge on any atom is 0.226 e. The molecule has 0 unspecified atom stereocenters. The van der Waals surface area contributed by atoms with E-state index in [4.69, 9.17) is 11.6 Å². The summed E-state index contributed by atoms with van der Waals surface area (Å²) in [6, 6.07) is 30.3. The highest BCUT2D eigenvalue weighted by molar-refractivity contribution is 6.28. The molecule has 152 valence electrons. The number of aromatic nitrogens is 5. The topological polar surface area (TPSA) is 56.5 Å². The van der Waals surface area contributed by atoms with Crippen molar-refractivity contribution in [2.45, 2.75) is 0 Å². The van der Waals surface area contributed by atoms with E-state index in [0.29, 0.717) is 11.6 Å². The molecule has 0 amide bonds. The van der Waals surface area contributed by atoms with Gasteiger partial charge in [-0.1, -0.05) is 48.5 Å². The fourth-order valence-electron chi connectivity index (χ4n) is 4.01. The van der Waals surface area contributed by atoms with Gasteiger partial charge in [0.1, 0.15) is 5.65 Å². The second-order valence-corrected chi connectivity index (χ2v) is 7.73. The predicted octanol–water partition coefficient (Wildman–Crippen LogP) is 6.35. The summed E-state index contributed by atoms with van der Waals surface area (Å²) in [6.45, 7) is 0. The highest BCUT2D eigenvalue weighted by atomic mass is 35.5. The first-order chi connectivity index (χ1) is 15.8. The molecule has 6 heteroatoms. The normalized spacial score (nSPS) is 11.3. The Kier molecular flexibility index (Phi) is 4.40. The van der Waals surface area contributed by atoms with Crippen molar-refractivity contribution in [3.05, 3.63) is 102 Å². The third kappa shape index (κ3) is 3.11. The highest BCUT2D eigenvalue weighted by Gasteiger charge is 2.13. The van der Waals surface area contributed by atoms with Crippen LogP contribution in [0.1, 0.15) is 0 Å². The maximum absolute atomic E-state index is 6.22. The van der Waals surface area contributed by atoms with Gasteiger partial charge in [0.15, 0.2) is 11.6 Å². The minimum Gasteiger partial charge on any atom is -0.294 e. The molecule has 0 aliphatic carbocycles. The molecule has 3 aromatic heterocycles. The van der Waals surface area contributed by atoms with Crippen molar-refractivity contribution >= 4 is 33.5 Å². The van der Waals surface area contributed by atoms with E-state index in [9.17, 15) is 0 Å². The number of pyridine rings is 1. The number of fused-ring (bicyclic) bond motifs is 3. The average molecular weight is 434 g/mol. The Bertz CT molecular complexity index is 1520. The van der Waals surface area contributed by atoms with Crippen LogP contribution < -0.4 is 0 Å². The van der Waals surface area contributed by atoms with Crippen LogP contribution in [0.3, 0.4) is 0 Å². The number of para-hydroxylation sites is 1. The van der Waals surface area contributed by atoms with Gasteiger partial charge in [0.2, 0.25) is 5.28 Å². The molecule has 0 saturated heterocycles. The molecular weight excluding hydrogens is 418 g/mol. The smallest absolute Gasteiger partial charge is 0.226 e. The summed E-state index contributed by atoms with van der Waals surface area (Å²) in [4.78, 5) is 17.9. The summed E-state index contributed by atoms with van der Waals surface area (Å²) in [7, 11) is 0.